The smallest absolute Gasteiger partial charge is 0.0468 e. The largest absolute Gasteiger partial charge is 0.314 e. The summed E-state index contributed by atoms with van der Waals surface area (Å²) in [4.78, 5) is 4.93. The minimum atomic E-state index is -0.265. The van der Waals surface area contributed by atoms with Crippen molar-refractivity contribution in [1.29, 1.82) is 0 Å². The Morgan fingerprint density at radius 3 is 1.50 bits per heavy atom. The van der Waals surface area contributed by atoms with Gasteiger partial charge in [-0.05, 0) is 157 Å². The molecule has 3 aliphatic rings. The first-order valence-electron chi connectivity index (χ1n) is 22.1. The van der Waals surface area contributed by atoms with Gasteiger partial charge >= 0.3 is 0 Å². The Hall–Kier alpha value is -7.16. The summed E-state index contributed by atoms with van der Waals surface area (Å²) in [5, 5.41) is 5.15. The van der Waals surface area contributed by atoms with Crippen molar-refractivity contribution in [3.8, 4) is 22.3 Å². The minimum Gasteiger partial charge on any atom is -0.314 e. The number of rotatable bonds is 6. The predicted molar refractivity (Wildman–Crippen MR) is 263 cm³/mol. The second-order valence-electron chi connectivity index (χ2n) is 18.5. The van der Waals surface area contributed by atoms with Crippen molar-refractivity contribution >= 4 is 56.1 Å². The summed E-state index contributed by atoms with van der Waals surface area (Å²) in [5.41, 5.74) is 20.6. The molecule has 0 N–H and O–H groups in total. The zero-order valence-electron chi connectivity index (χ0n) is 35.8. The predicted octanol–water partition coefficient (Wildman–Crippen LogP) is 16.2. The summed E-state index contributed by atoms with van der Waals surface area (Å²) < 4.78 is 0. The van der Waals surface area contributed by atoms with Gasteiger partial charge in [-0.15, -0.1) is 0 Å². The number of para-hydroxylation sites is 2. The van der Waals surface area contributed by atoms with E-state index in [0.29, 0.717) is 0 Å². The molecule has 0 bridgehead atoms. The molecule has 0 radical (unpaired) electrons. The first kappa shape index (κ1) is 36.7. The fourth-order valence-electron chi connectivity index (χ4n) is 11.3. The Kier molecular flexibility index (Phi) is 8.09. The molecule has 0 amide bonds. The quantitative estimate of drug-likeness (QED) is 0.165. The van der Waals surface area contributed by atoms with Crippen molar-refractivity contribution in [2.24, 2.45) is 0 Å². The second kappa shape index (κ2) is 13.7. The first-order valence-corrected chi connectivity index (χ1v) is 22.1. The highest BCUT2D eigenvalue weighted by Gasteiger charge is 2.47. The van der Waals surface area contributed by atoms with Crippen LogP contribution in [-0.4, -0.2) is 0 Å². The van der Waals surface area contributed by atoms with Crippen LogP contribution in [0.15, 0.2) is 194 Å². The molecule has 0 fully saturated rings. The van der Waals surface area contributed by atoms with E-state index < -0.39 is 0 Å². The summed E-state index contributed by atoms with van der Waals surface area (Å²) in [7, 11) is 0. The molecule has 0 aromatic heterocycles. The lowest BCUT2D eigenvalue weighted by atomic mass is 9.71. The van der Waals surface area contributed by atoms with Crippen LogP contribution >= 0.6 is 0 Å². The first-order chi connectivity index (χ1) is 30.3. The summed E-state index contributed by atoms with van der Waals surface area (Å²) in [6, 6.07) is 69.9. The molecular formula is C60H48N2. The Labute approximate surface area is 365 Å². The van der Waals surface area contributed by atoms with E-state index in [2.05, 4.69) is 232 Å². The fraction of sp³-hybridized carbons (Fsp3) is 0.133. The summed E-state index contributed by atoms with van der Waals surface area (Å²) in [6.07, 6.45) is 4.43. The molecule has 298 valence electrons. The Morgan fingerprint density at radius 1 is 0.387 bits per heavy atom. The lowest BCUT2D eigenvalue weighted by Gasteiger charge is -2.33. The Morgan fingerprint density at radius 2 is 0.871 bits per heavy atom. The van der Waals surface area contributed by atoms with Crippen LogP contribution in [0.1, 0.15) is 67.5 Å². The lowest BCUT2D eigenvalue weighted by Crippen LogP contribution is -2.25. The van der Waals surface area contributed by atoms with Crippen molar-refractivity contribution in [1.82, 2.24) is 0 Å². The fourth-order valence-corrected chi connectivity index (χ4v) is 11.3. The monoisotopic (exact) mass is 796 g/mol. The van der Waals surface area contributed by atoms with Crippen LogP contribution < -0.4 is 9.80 Å². The summed E-state index contributed by atoms with van der Waals surface area (Å²) in [5.74, 6) is 0. The Balaban J connectivity index is 1.03. The third-order valence-electron chi connectivity index (χ3n) is 14.2. The molecule has 3 aliphatic carbocycles. The molecule has 0 atom stereocenters. The number of aryl methyl sites for hydroxylation is 1. The highest BCUT2D eigenvalue weighted by Crippen LogP contribution is 2.63. The lowest BCUT2D eigenvalue weighted by molar-refractivity contribution is 0.602. The van der Waals surface area contributed by atoms with Crippen LogP contribution in [0.4, 0.5) is 28.4 Å². The van der Waals surface area contributed by atoms with E-state index in [4.69, 9.17) is 0 Å². The van der Waals surface area contributed by atoms with E-state index in [9.17, 15) is 0 Å². The minimum absolute atomic E-state index is 0.256. The van der Waals surface area contributed by atoms with Gasteiger partial charge in [0.05, 0.1) is 0 Å². The van der Waals surface area contributed by atoms with E-state index in [1.807, 2.05) is 0 Å². The van der Waals surface area contributed by atoms with Gasteiger partial charge in [0.15, 0.2) is 0 Å². The van der Waals surface area contributed by atoms with E-state index in [-0.39, 0.29) is 10.8 Å². The van der Waals surface area contributed by atoms with Gasteiger partial charge in [-0.2, -0.15) is 0 Å². The average molecular weight is 797 g/mol. The van der Waals surface area contributed by atoms with Crippen LogP contribution in [0.3, 0.4) is 0 Å². The molecule has 2 heteroatoms. The number of hydrogen-bond acceptors (Lipinski definition) is 2. The maximum Gasteiger partial charge on any atom is 0.0468 e. The molecule has 0 unspecified atom stereocenters. The zero-order chi connectivity index (χ0) is 41.7. The topological polar surface area (TPSA) is 6.48 Å². The zero-order valence-corrected chi connectivity index (χ0v) is 35.8. The van der Waals surface area contributed by atoms with Crippen LogP contribution in [0.5, 0.6) is 0 Å². The van der Waals surface area contributed by atoms with Crippen LogP contribution in [0.2, 0.25) is 0 Å². The number of benzene rings is 9. The molecule has 0 heterocycles. The summed E-state index contributed by atoms with van der Waals surface area (Å²) >= 11 is 0. The molecule has 0 saturated carbocycles. The highest BCUT2D eigenvalue weighted by atomic mass is 15.2. The molecule has 9 aromatic rings. The maximum atomic E-state index is 2.51. The summed E-state index contributed by atoms with van der Waals surface area (Å²) in [6.45, 7) is 9.88. The molecule has 9 aromatic carbocycles. The van der Waals surface area contributed by atoms with Crippen LogP contribution in [-0.2, 0) is 17.3 Å². The molecule has 12 rings (SSSR count). The van der Waals surface area contributed by atoms with Crippen molar-refractivity contribution in [3.05, 3.63) is 227 Å². The number of nitrogens with zero attached hydrogens (tertiary/aromatic N) is 2. The Bertz CT molecular complexity index is 3300. The molecule has 0 saturated heterocycles. The molecule has 0 aliphatic heterocycles. The standard InChI is InChI=1S/C60H48N2/c1-59(2)53-37-47(61(43-21-7-5-8-22-43)45-29-27-39-17-11-13-19-41(39)35-45)31-33-51(53)55-49-25-15-16-26-50(49)56-52-34-32-48(38-54(52)60(3,4)58(56)57(55)59)62(44-23-9-6-10-24-44)46-30-28-40-18-12-14-20-42(40)36-46/h5-27,29,31-38H,28,30H2,1-4H3. The number of fused-ring (bicyclic) bond motifs is 12. The van der Waals surface area contributed by atoms with Crippen molar-refractivity contribution in [3.63, 3.8) is 0 Å². The van der Waals surface area contributed by atoms with Gasteiger partial charge < -0.3 is 9.80 Å². The highest BCUT2D eigenvalue weighted by molar-refractivity contribution is 6.13. The third-order valence-corrected chi connectivity index (χ3v) is 14.2. The van der Waals surface area contributed by atoms with Crippen molar-refractivity contribution in [2.75, 3.05) is 9.80 Å². The second-order valence-corrected chi connectivity index (χ2v) is 18.5. The van der Waals surface area contributed by atoms with Gasteiger partial charge in [-0.1, -0.05) is 155 Å². The van der Waals surface area contributed by atoms with Gasteiger partial charge in [0, 0.05) is 45.0 Å². The van der Waals surface area contributed by atoms with E-state index >= 15 is 0 Å². The average Bonchev–Trinajstić information content (AvgIpc) is 3.69. The number of hydrogen-bond donors (Lipinski definition) is 0. The van der Waals surface area contributed by atoms with Gasteiger partial charge in [-0.25, -0.2) is 0 Å². The van der Waals surface area contributed by atoms with Crippen LogP contribution in [0, 0.1) is 0 Å². The van der Waals surface area contributed by atoms with Crippen molar-refractivity contribution in [2.45, 2.75) is 51.4 Å². The van der Waals surface area contributed by atoms with E-state index in [1.165, 1.54) is 99.9 Å². The third kappa shape index (κ3) is 5.42. The van der Waals surface area contributed by atoms with Crippen molar-refractivity contribution < 1.29 is 0 Å². The van der Waals surface area contributed by atoms with E-state index in [0.717, 1.165) is 24.2 Å². The number of allylic oxidation sites excluding steroid dienone is 1. The van der Waals surface area contributed by atoms with Gasteiger partial charge in [0.2, 0.25) is 0 Å². The molecular weight excluding hydrogens is 749 g/mol. The SMILES string of the molecule is CC1(C)c2cc(N(C3=Cc4ccccc4CC3)c3ccccc3)ccc2-c2c1c1c(c3ccccc23)-c2ccc(N(c3ccccc3)c3ccc4ccccc4c3)cc2C1(C)C. The number of anilines is 5. The maximum absolute atomic E-state index is 2.51. The molecule has 0 spiro atoms. The van der Waals surface area contributed by atoms with E-state index in [1.54, 1.807) is 0 Å². The molecule has 2 nitrogen and oxygen atoms in total. The van der Waals surface area contributed by atoms with Gasteiger partial charge in [-0.3, -0.25) is 0 Å². The molecule has 62 heavy (non-hydrogen) atoms. The van der Waals surface area contributed by atoms with Crippen LogP contribution in [0.25, 0.3) is 49.9 Å². The normalized spacial score (nSPS) is 15.0. The van der Waals surface area contributed by atoms with Gasteiger partial charge in [0.25, 0.3) is 0 Å². The van der Waals surface area contributed by atoms with Gasteiger partial charge in [0.1, 0.15) is 0 Å².